The molecule has 6 nitrogen and oxygen atoms in total. The zero-order chi connectivity index (χ0) is 27.1. The Morgan fingerprint density at radius 3 is 2.38 bits per heavy atom. The minimum Gasteiger partial charge on any atom is -0.497 e. The number of fused-ring (bicyclic) bond motifs is 1. The van der Waals surface area contributed by atoms with Gasteiger partial charge in [0.15, 0.2) is 0 Å². The number of halogens is 2. The summed E-state index contributed by atoms with van der Waals surface area (Å²) in [5, 5.41) is 11.9. The number of rotatable bonds is 8. The molecule has 0 spiro atoms. The highest BCUT2D eigenvalue weighted by atomic mass is 28.3. The second kappa shape index (κ2) is 10.3. The summed E-state index contributed by atoms with van der Waals surface area (Å²) in [7, 11) is -0.674. The Balaban J connectivity index is 1.62. The van der Waals surface area contributed by atoms with Crippen LogP contribution in [0.2, 0.25) is 19.6 Å². The Hall–Kier alpha value is -3.20. The fourth-order valence-corrected chi connectivity index (χ4v) is 7.13. The van der Waals surface area contributed by atoms with Crippen molar-refractivity contribution >= 4 is 30.8 Å². The van der Waals surface area contributed by atoms with Crippen LogP contribution in [0.1, 0.15) is 36.4 Å². The Bertz CT molecular complexity index is 1210. The number of carboxylic acid groups (broad SMARTS) is 1. The number of allylic oxidation sites excluding steroid dienone is 1. The standard InChI is InChI=1S/C28H34F2N2O4Si/c1-16(19-10-17(11-19)12-25(33)34)32-9-8-18-13-21(36-2)6-7-22(18)26(32)28(35)31-20-14-23(29)27(24(30)15-20)37(3,4)5/h6-7,13-15,17,19,26H,1,8-12H2,2-5H3,(H,31,35)(H,33,34)/t17?,19?,26-/m1/s1. The SMILES string of the molecule is C=C(C1CC(CC(=O)O)C1)N1CCc2cc(OC)ccc2[C@@H]1C(=O)Nc1cc(F)c([Si](C)(C)C)c(F)c1. The molecule has 1 amide bonds. The number of aliphatic carboxylic acids is 1. The summed E-state index contributed by atoms with van der Waals surface area (Å²) >= 11 is 0. The molecule has 0 aromatic heterocycles. The second-order valence-corrected chi connectivity index (χ2v) is 16.1. The molecule has 1 heterocycles. The molecule has 0 bridgehead atoms. The van der Waals surface area contributed by atoms with E-state index >= 15 is 0 Å². The van der Waals surface area contributed by atoms with Gasteiger partial charge in [-0.3, -0.25) is 9.59 Å². The van der Waals surface area contributed by atoms with Crippen molar-refractivity contribution in [2.45, 2.75) is 51.4 Å². The van der Waals surface area contributed by atoms with E-state index in [0.29, 0.717) is 31.6 Å². The second-order valence-electron chi connectivity index (χ2n) is 11.1. The van der Waals surface area contributed by atoms with Crippen molar-refractivity contribution in [3.8, 4) is 5.75 Å². The largest absolute Gasteiger partial charge is 0.497 e. The van der Waals surface area contributed by atoms with E-state index in [-0.39, 0.29) is 29.1 Å². The number of nitrogens with one attached hydrogen (secondary N) is 1. The van der Waals surface area contributed by atoms with Crippen molar-refractivity contribution in [1.29, 1.82) is 0 Å². The maximum Gasteiger partial charge on any atom is 0.303 e. The Kier molecular flexibility index (Phi) is 7.46. The number of methoxy groups -OCH3 is 1. The van der Waals surface area contributed by atoms with E-state index in [2.05, 4.69) is 11.9 Å². The molecule has 2 N–H and O–H groups in total. The van der Waals surface area contributed by atoms with E-state index in [1.54, 1.807) is 13.2 Å². The smallest absolute Gasteiger partial charge is 0.303 e. The van der Waals surface area contributed by atoms with Crippen molar-refractivity contribution in [2.75, 3.05) is 19.0 Å². The van der Waals surface area contributed by atoms with Crippen LogP contribution in [0.3, 0.4) is 0 Å². The van der Waals surface area contributed by atoms with Gasteiger partial charge in [0, 0.05) is 29.5 Å². The minimum absolute atomic E-state index is 0.0679. The third-order valence-electron chi connectivity index (χ3n) is 7.43. The fraction of sp³-hybridized carbons (Fsp3) is 0.429. The van der Waals surface area contributed by atoms with Crippen LogP contribution in [0.25, 0.3) is 0 Å². The van der Waals surface area contributed by atoms with Crippen molar-refractivity contribution < 1.29 is 28.2 Å². The van der Waals surface area contributed by atoms with Gasteiger partial charge >= 0.3 is 5.97 Å². The van der Waals surface area contributed by atoms with Crippen molar-refractivity contribution in [1.82, 2.24) is 4.90 Å². The predicted octanol–water partition coefficient (Wildman–Crippen LogP) is 5.07. The van der Waals surface area contributed by atoms with E-state index in [4.69, 9.17) is 9.84 Å². The summed E-state index contributed by atoms with van der Waals surface area (Å²) in [5.41, 5.74) is 2.60. The molecule has 2 aliphatic rings. The van der Waals surface area contributed by atoms with E-state index in [0.717, 1.165) is 16.8 Å². The number of nitrogens with zero attached hydrogens (tertiary/aromatic N) is 1. The molecule has 1 fully saturated rings. The Morgan fingerprint density at radius 1 is 1.16 bits per heavy atom. The van der Waals surface area contributed by atoms with Gasteiger partial charge < -0.3 is 20.1 Å². The molecule has 198 valence electrons. The Labute approximate surface area is 217 Å². The number of ether oxygens (including phenoxy) is 1. The number of hydrogen-bond donors (Lipinski definition) is 2. The Morgan fingerprint density at radius 2 is 1.81 bits per heavy atom. The normalized spacial score (nSPS) is 21.0. The molecule has 1 aliphatic heterocycles. The van der Waals surface area contributed by atoms with Crippen LogP contribution in [0.4, 0.5) is 14.5 Å². The number of carboxylic acids is 1. The quantitative estimate of drug-likeness (QED) is 0.468. The fourth-order valence-electron chi connectivity index (χ4n) is 5.55. The van der Waals surface area contributed by atoms with Crippen LogP contribution in [-0.2, 0) is 16.0 Å². The molecule has 1 saturated carbocycles. The van der Waals surface area contributed by atoms with E-state index < -0.39 is 37.6 Å². The number of amides is 1. The highest BCUT2D eigenvalue weighted by Gasteiger charge is 2.40. The van der Waals surface area contributed by atoms with Gasteiger partial charge in [-0.05, 0) is 66.5 Å². The molecule has 0 unspecified atom stereocenters. The number of hydrogen-bond acceptors (Lipinski definition) is 4. The van der Waals surface area contributed by atoms with Crippen LogP contribution in [0.5, 0.6) is 5.75 Å². The molecule has 1 atom stereocenters. The van der Waals surface area contributed by atoms with Crippen molar-refractivity contribution in [3.05, 3.63) is 65.4 Å². The topological polar surface area (TPSA) is 78.9 Å². The van der Waals surface area contributed by atoms with Gasteiger partial charge in [-0.25, -0.2) is 8.78 Å². The highest BCUT2D eigenvalue weighted by molar-refractivity contribution is 6.88. The molecule has 0 saturated heterocycles. The first-order chi connectivity index (χ1) is 17.4. The molecule has 4 rings (SSSR count). The molecule has 1 aliphatic carbocycles. The maximum absolute atomic E-state index is 14.9. The van der Waals surface area contributed by atoms with Gasteiger partial charge in [0.2, 0.25) is 0 Å². The molecule has 9 heteroatoms. The average molecular weight is 529 g/mol. The summed E-state index contributed by atoms with van der Waals surface area (Å²) in [5.74, 6) is -1.65. The molecule has 2 aromatic rings. The van der Waals surface area contributed by atoms with Gasteiger partial charge in [-0.2, -0.15) is 0 Å². The van der Waals surface area contributed by atoms with Crippen molar-refractivity contribution in [2.24, 2.45) is 11.8 Å². The molecule has 0 radical (unpaired) electrons. The lowest BCUT2D eigenvalue weighted by molar-refractivity contribution is -0.139. The first-order valence-electron chi connectivity index (χ1n) is 12.5. The maximum atomic E-state index is 14.9. The van der Waals surface area contributed by atoms with Crippen LogP contribution < -0.4 is 15.2 Å². The van der Waals surface area contributed by atoms with Crippen LogP contribution in [-0.4, -0.2) is 43.6 Å². The summed E-state index contributed by atoms with van der Waals surface area (Å²) in [6.45, 7) is 10.4. The molecular weight excluding hydrogens is 494 g/mol. The summed E-state index contributed by atoms with van der Waals surface area (Å²) < 4.78 is 35.1. The van der Waals surface area contributed by atoms with Gasteiger partial charge in [0.05, 0.1) is 15.2 Å². The van der Waals surface area contributed by atoms with Crippen LogP contribution in [0, 0.1) is 23.5 Å². The number of anilines is 1. The zero-order valence-electron chi connectivity index (χ0n) is 21.7. The highest BCUT2D eigenvalue weighted by Crippen LogP contribution is 2.45. The van der Waals surface area contributed by atoms with Crippen molar-refractivity contribution in [3.63, 3.8) is 0 Å². The number of carbonyl (C=O) groups excluding carboxylic acids is 1. The molecule has 2 aromatic carbocycles. The number of benzene rings is 2. The lowest BCUT2D eigenvalue weighted by atomic mass is 9.71. The van der Waals surface area contributed by atoms with E-state index in [1.807, 2.05) is 36.7 Å². The van der Waals surface area contributed by atoms with E-state index in [1.165, 1.54) is 12.1 Å². The zero-order valence-corrected chi connectivity index (χ0v) is 22.7. The van der Waals surface area contributed by atoms with E-state index in [9.17, 15) is 18.4 Å². The first-order valence-corrected chi connectivity index (χ1v) is 16.0. The third kappa shape index (κ3) is 5.56. The van der Waals surface area contributed by atoms with Crippen LogP contribution >= 0.6 is 0 Å². The van der Waals surface area contributed by atoms with Gasteiger partial charge in [-0.15, -0.1) is 0 Å². The monoisotopic (exact) mass is 528 g/mol. The number of carbonyl (C=O) groups is 2. The van der Waals surface area contributed by atoms with Gasteiger partial charge in [0.1, 0.15) is 23.4 Å². The average Bonchev–Trinajstić information content (AvgIpc) is 2.77. The molecule has 37 heavy (non-hydrogen) atoms. The van der Waals surface area contributed by atoms with Gasteiger partial charge in [-0.1, -0.05) is 32.3 Å². The first kappa shape index (κ1) is 26.8. The van der Waals surface area contributed by atoms with Gasteiger partial charge in [0.25, 0.3) is 5.91 Å². The summed E-state index contributed by atoms with van der Waals surface area (Å²) in [4.78, 5) is 26.7. The van der Waals surface area contributed by atoms with Crippen LogP contribution in [0.15, 0.2) is 42.6 Å². The summed E-state index contributed by atoms with van der Waals surface area (Å²) in [6, 6.07) is 7.18. The third-order valence-corrected chi connectivity index (χ3v) is 9.40. The predicted molar refractivity (Wildman–Crippen MR) is 142 cm³/mol. The molecular formula is C28H34F2N2O4Si. The lowest BCUT2D eigenvalue weighted by Gasteiger charge is -2.45. The summed E-state index contributed by atoms with van der Waals surface area (Å²) in [6.07, 6.45) is 2.22. The minimum atomic E-state index is -2.26. The lowest BCUT2D eigenvalue weighted by Crippen LogP contribution is -2.45.